The molecule has 3 N–H and O–H groups in total. The van der Waals surface area contributed by atoms with E-state index in [9.17, 15) is 24.4 Å². The molecule has 2 atom stereocenters. The van der Waals surface area contributed by atoms with Gasteiger partial charge in [0, 0.05) is 19.7 Å². The first-order chi connectivity index (χ1) is 18.7. The number of hydroxylamine groups is 2. The standard InChI is InChI=1S/C28H40N4O7/c1-6-9-10-11-20(22(7-2)32(37)18-33)26(34)29-17-30-27(35)25-15-14-24(39-25)19-12-13-21(28(36)38-8-3)23(16-19)31(4)5/h12-16,18,20,22,37H,6-11,17H2,1-5H3,(H,29,34)(H,30,35)/t20?,22-/m1/s1. The van der Waals surface area contributed by atoms with Crippen molar-refractivity contribution in [1.82, 2.24) is 15.7 Å². The van der Waals surface area contributed by atoms with Gasteiger partial charge in [-0.2, -0.15) is 0 Å². The highest BCUT2D eigenvalue weighted by molar-refractivity contribution is 5.97. The van der Waals surface area contributed by atoms with Crippen LogP contribution in [-0.2, 0) is 14.3 Å². The van der Waals surface area contributed by atoms with E-state index < -0.39 is 23.8 Å². The van der Waals surface area contributed by atoms with E-state index in [4.69, 9.17) is 9.15 Å². The van der Waals surface area contributed by atoms with Gasteiger partial charge in [0.25, 0.3) is 5.91 Å². The summed E-state index contributed by atoms with van der Waals surface area (Å²) < 4.78 is 10.9. The minimum absolute atomic E-state index is 0.0496. The Morgan fingerprint density at radius 1 is 1.08 bits per heavy atom. The third-order valence-electron chi connectivity index (χ3n) is 6.39. The van der Waals surface area contributed by atoms with Crippen LogP contribution in [0.2, 0.25) is 0 Å². The molecule has 2 rings (SSSR count). The number of nitrogens with one attached hydrogen (secondary N) is 2. The number of benzene rings is 1. The van der Waals surface area contributed by atoms with Crippen molar-refractivity contribution in [2.24, 2.45) is 5.92 Å². The average Bonchev–Trinajstić information content (AvgIpc) is 3.42. The maximum Gasteiger partial charge on any atom is 0.340 e. The third kappa shape index (κ3) is 8.57. The zero-order valence-electron chi connectivity index (χ0n) is 23.4. The molecule has 0 bridgehead atoms. The molecule has 11 nitrogen and oxygen atoms in total. The van der Waals surface area contributed by atoms with Gasteiger partial charge < -0.3 is 24.7 Å². The highest BCUT2D eigenvalue weighted by Crippen LogP contribution is 2.29. The van der Waals surface area contributed by atoms with Crippen LogP contribution in [0.1, 0.15) is 73.8 Å². The monoisotopic (exact) mass is 544 g/mol. The lowest BCUT2D eigenvalue weighted by molar-refractivity contribution is -0.168. The average molecular weight is 545 g/mol. The Balaban J connectivity index is 2.07. The summed E-state index contributed by atoms with van der Waals surface area (Å²) >= 11 is 0. The van der Waals surface area contributed by atoms with Gasteiger partial charge in [0.1, 0.15) is 5.76 Å². The molecular weight excluding hydrogens is 504 g/mol. The molecule has 0 saturated carbocycles. The summed E-state index contributed by atoms with van der Waals surface area (Å²) in [7, 11) is 3.62. The number of esters is 1. The molecule has 11 heteroatoms. The molecule has 3 amide bonds. The van der Waals surface area contributed by atoms with Crippen LogP contribution >= 0.6 is 0 Å². The number of ether oxygens (including phenoxy) is 1. The fourth-order valence-electron chi connectivity index (χ4n) is 4.33. The van der Waals surface area contributed by atoms with E-state index >= 15 is 0 Å². The van der Waals surface area contributed by atoms with Gasteiger partial charge in [0.15, 0.2) is 5.76 Å². The molecule has 214 valence electrons. The maximum atomic E-state index is 12.9. The lowest BCUT2D eigenvalue weighted by Crippen LogP contribution is -2.47. The minimum Gasteiger partial charge on any atom is -0.462 e. The van der Waals surface area contributed by atoms with Gasteiger partial charge in [-0.15, -0.1) is 0 Å². The molecular formula is C28H40N4O7. The van der Waals surface area contributed by atoms with E-state index in [0.717, 1.165) is 19.3 Å². The van der Waals surface area contributed by atoms with Crippen LogP contribution in [-0.4, -0.2) is 67.9 Å². The topological polar surface area (TPSA) is 141 Å². The molecule has 0 fully saturated rings. The van der Waals surface area contributed by atoms with E-state index in [1.54, 1.807) is 43.0 Å². The zero-order valence-corrected chi connectivity index (χ0v) is 23.4. The predicted molar refractivity (Wildman–Crippen MR) is 146 cm³/mol. The van der Waals surface area contributed by atoms with Crippen LogP contribution in [0.25, 0.3) is 11.3 Å². The number of hydrogen-bond donors (Lipinski definition) is 3. The van der Waals surface area contributed by atoms with Crippen LogP contribution in [0.5, 0.6) is 0 Å². The van der Waals surface area contributed by atoms with Crippen molar-refractivity contribution in [2.75, 3.05) is 32.3 Å². The normalized spacial score (nSPS) is 12.3. The first-order valence-corrected chi connectivity index (χ1v) is 13.2. The molecule has 39 heavy (non-hydrogen) atoms. The van der Waals surface area contributed by atoms with Crippen molar-refractivity contribution in [3.8, 4) is 11.3 Å². The van der Waals surface area contributed by atoms with Gasteiger partial charge in [-0.3, -0.25) is 19.6 Å². The number of carbonyl (C=O) groups excluding carboxylic acids is 4. The highest BCUT2D eigenvalue weighted by atomic mass is 16.5. The number of anilines is 1. The van der Waals surface area contributed by atoms with E-state index in [1.807, 2.05) is 21.0 Å². The van der Waals surface area contributed by atoms with Crippen LogP contribution in [0, 0.1) is 5.92 Å². The van der Waals surface area contributed by atoms with Crippen molar-refractivity contribution in [2.45, 2.75) is 58.9 Å². The van der Waals surface area contributed by atoms with Gasteiger partial charge in [0.2, 0.25) is 12.3 Å². The molecule has 1 heterocycles. The molecule has 0 saturated heterocycles. The molecule has 0 aliphatic carbocycles. The van der Waals surface area contributed by atoms with Crippen molar-refractivity contribution in [1.29, 1.82) is 0 Å². The molecule has 1 aromatic heterocycles. The number of furan rings is 1. The van der Waals surface area contributed by atoms with E-state index in [0.29, 0.717) is 46.9 Å². The van der Waals surface area contributed by atoms with Crippen molar-refractivity contribution in [3.63, 3.8) is 0 Å². The van der Waals surface area contributed by atoms with E-state index in [-0.39, 0.29) is 24.9 Å². The Bertz CT molecular complexity index is 1120. The van der Waals surface area contributed by atoms with E-state index in [2.05, 4.69) is 10.6 Å². The smallest absolute Gasteiger partial charge is 0.340 e. The largest absolute Gasteiger partial charge is 0.462 e. The summed E-state index contributed by atoms with van der Waals surface area (Å²) in [4.78, 5) is 50.7. The fourth-order valence-corrected chi connectivity index (χ4v) is 4.33. The van der Waals surface area contributed by atoms with Gasteiger partial charge in [0.05, 0.1) is 36.5 Å². The number of rotatable bonds is 16. The molecule has 0 spiro atoms. The predicted octanol–water partition coefficient (Wildman–Crippen LogP) is 3.82. The number of carbonyl (C=O) groups is 4. The van der Waals surface area contributed by atoms with Gasteiger partial charge >= 0.3 is 5.97 Å². The summed E-state index contributed by atoms with van der Waals surface area (Å²) in [5.41, 5.74) is 1.73. The Morgan fingerprint density at radius 3 is 2.44 bits per heavy atom. The molecule has 0 radical (unpaired) electrons. The summed E-state index contributed by atoms with van der Waals surface area (Å²) in [5.74, 6) is -1.45. The molecule has 1 aromatic carbocycles. The van der Waals surface area contributed by atoms with Gasteiger partial charge in [-0.05, 0) is 44.0 Å². The number of nitrogens with zero attached hydrogens (tertiary/aromatic N) is 2. The van der Waals surface area contributed by atoms with E-state index in [1.165, 1.54) is 6.07 Å². The number of amides is 3. The highest BCUT2D eigenvalue weighted by Gasteiger charge is 2.30. The SMILES string of the molecule is CCCCCC(C(=O)NCNC(=O)c1ccc(-c2ccc(C(=O)OCC)c(N(C)C)c2)o1)[C@@H](CC)N(O)C=O. The molecule has 0 aliphatic rings. The quantitative estimate of drug-likeness (QED) is 0.0723. The van der Waals surface area contributed by atoms with Crippen LogP contribution < -0.4 is 15.5 Å². The molecule has 0 aliphatic heterocycles. The second kappa shape index (κ2) is 15.5. The maximum absolute atomic E-state index is 12.9. The summed E-state index contributed by atoms with van der Waals surface area (Å²) in [5, 5.41) is 15.8. The van der Waals surface area contributed by atoms with Gasteiger partial charge in [-0.25, -0.2) is 9.86 Å². The number of hydrogen-bond acceptors (Lipinski definition) is 8. The second-order valence-electron chi connectivity index (χ2n) is 9.30. The fraction of sp³-hybridized carbons (Fsp3) is 0.500. The molecule has 1 unspecified atom stereocenters. The first kappa shape index (κ1) is 31.4. The van der Waals surface area contributed by atoms with Crippen molar-refractivity contribution < 1.29 is 33.5 Å². The Kier molecular flexibility index (Phi) is 12.5. The van der Waals surface area contributed by atoms with Crippen LogP contribution in [0.15, 0.2) is 34.7 Å². The Morgan fingerprint density at radius 2 is 1.82 bits per heavy atom. The van der Waals surface area contributed by atoms with Crippen molar-refractivity contribution >= 4 is 29.9 Å². The lowest BCUT2D eigenvalue weighted by Gasteiger charge is -2.29. The first-order valence-electron chi connectivity index (χ1n) is 13.2. The van der Waals surface area contributed by atoms with Gasteiger partial charge in [-0.1, -0.05) is 39.2 Å². The summed E-state index contributed by atoms with van der Waals surface area (Å²) in [6.07, 6.45) is 3.87. The van der Waals surface area contributed by atoms with Crippen LogP contribution in [0.3, 0.4) is 0 Å². The minimum atomic E-state index is -0.662. The lowest BCUT2D eigenvalue weighted by atomic mass is 9.90. The molecule has 2 aromatic rings. The van der Waals surface area contributed by atoms with Crippen molar-refractivity contribution in [3.05, 3.63) is 41.7 Å². The second-order valence-corrected chi connectivity index (χ2v) is 9.30. The zero-order chi connectivity index (χ0) is 28.9. The summed E-state index contributed by atoms with van der Waals surface area (Å²) in [6, 6.07) is 7.66. The summed E-state index contributed by atoms with van der Waals surface area (Å²) in [6.45, 7) is 5.69. The third-order valence-corrected chi connectivity index (χ3v) is 6.39. The Hall–Kier alpha value is -3.86. The number of unbranched alkanes of at least 4 members (excludes halogenated alkanes) is 2. The Labute approximate surface area is 229 Å². The van der Waals surface area contributed by atoms with Crippen LogP contribution in [0.4, 0.5) is 5.69 Å².